The zero-order chi connectivity index (χ0) is 23.3. The Morgan fingerprint density at radius 3 is 2.72 bits per heavy atom. The van der Waals surface area contributed by atoms with Crippen LogP contribution in [0.25, 0.3) is 17.2 Å². The Labute approximate surface area is 186 Å². The number of ether oxygens (including phenoxy) is 1. The lowest BCUT2D eigenvalue weighted by Gasteiger charge is -2.45. The van der Waals surface area contributed by atoms with Crippen molar-refractivity contribution in [3.63, 3.8) is 0 Å². The third-order valence-electron chi connectivity index (χ3n) is 7.12. The predicted molar refractivity (Wildman–Crippen MR) is 118 cm³/mol. The molecule has 0 spiro atoms. The number of esters is 1. The molecule has 2 aliphatic rings. The average molecular weight is 434 g/mol. The summed E-state index contributed by atoms with van der Waals surface area (Å²) in [7, 11) is 0. The largest absolute Gasteiger partial charge is 0.462 e. The molecule has 1 aromatic carbocycles. The van der Waals surface area contributed by atoms with E-state index in [4.69, 9.17) is 4.74 Å². The third kappa shape index (κ3) is 3.33. The van der Waals surface area contributed by atoms with E-state index in [1.54, 1.807) is 31.3 Å². The Bertz CT molecular complexity index is 1160. The molecule has 0 N–H and O–H groups in total. The molecule has 32 heavy (non-hydrogen) atoms. The highest BCUT2D eigenvalue weighted by Crippen LogP contribution is 2.59. The van der Waals surface area contributed by atoms with Gasteiger partial charge in [-0.25, -0.2) is 8.78 Å². The van der Waals surface area contributed by atoms with Crippen molar-refractivity contribution in [2.45, 2.75) is 39.2 Å². The number of fused-ring (bicyclic) bond motifs is 1. The van der Waals surface area contributed by atoms with Gasteiger partial charge in [-0.1, -0.05) is 43.8 Å². The van der Waals surface area contributed by atoms with Crippen LogP contribution in [-0.4, -0.2) is 23.0 Å². The number of carbonyl (C=O) groups is 1. The highest BCUT2D eigenvalue weighted by Gasteiger charge is 2.64. The molecule has 0 bridgehead atoms. The van der Waals surface area contributed by atoms with E-state index in [1.807, 2.05) is 38.1 Å². The maximum absolute atomic E-state index is 14.6. The number of nitrogens with zero attached hydrogens (tertiary/aromatic N) is 2. The van der Waals surface area contributed by atoms with Crippen LogP contribution >= 0.6 is 0 Å². The topological polar surface area (TPSA) is 63.0 Å². The summed E-state index contributed by atoms with van der Waals surface area (Å²) < 4.78 is 34.6. The van der Waals surface area contributed by atoms with Crippen molar-refractivity contribution in [2.75, 3.05) is 0 Å². The number of halogens is 2. The quantitative estimate of drug-likeness (QED) is 0.458. The Morgan fingerprint density at radius 1 is 1.31 bits per heavy atom. The molecule has 2 heterocycles. The number of rotatable bonds is 3. The van der Waals surface area contributed by atoms with Crippen LogP contribution in [-0.2, 0) is 9.53 Å². The van der Waals surface area contributed by atoms with Gasteiger partial charge >= 0.3 is 5.97 Å². The minimum Gasteiger partial charge on any atom is -0.462 e. The SMILES string of the molecule is C=C1[C@H](/C=C/c2ccc(-c3cccc(C)c3C#N)cn2)[C@]2(C)[C@@H](C)OC(=O)[C@@H]2CC1(F)F. The van der Waals surface area contributed by atoms with E-state index in [0.29, 0.717) is 11.3 Å². The van der Waals surface area contributed by atoms with Crippen LogP contribution < -0.4 is 0 Å². The molecular weight excluding hydrogens is 410 g/mol. The number of alkyl halides is 2. The predicted octanol–water partition coefficient (Wildman–Crippen LogP) is 5.72. The van der Waals surface area contributed by atoms with Crippen molar-refractivity contribution in [1.29, 1.82) is 5.26 Å². The lowest BCUT2D eigenvalue weighted by molar-refractivity contribution is -0.146. The van der Waals surface area contributed by atoms with Gasteiger partial charge in [0.25, 0.3) is 5.92 Å². The molecule has 164 valence electrons. The molecule has 1 aliphatic carbocycles. The number of hydrogen-bond donors (Lipinski definition) is 0. The van der Waals surface area contributed by atoms with E-state index < -0.39 is 41.7 Å². The number of nitriles is 1. The normalized spacial score (nSPS) is 28.9. The lowest BCUT2D eigenvalue weighted by Crippen LogP contribution is -2.49. The Morgan fingerprint density at radius 2 is 2.06 bits per heavy atom. The van der Waals surface area contributed by atoms with Crippen LogP contribution in [0.1, 0.15) is 37.1 Å². The first-order valence-corrected chi connectivity index (χ1v) is 10.5. The average Bonchev–Trinajstić information content (AvgIpc) is 2.97. The van der Waals surface area contributed by atoms with Gasteiger partial charge in [0.05, 0.1) is 17.2 Å². The number of aromatic nitrogens is 1. The van der Waals surface area contributed by atoms with E-state index in [-0.39, 0.29) is 5.57 Å². The fourth-order valence-electron chi connectivity index (χ4n) is 4.92. The molecule has 4 rings (SSSR count). The first kappa shape index (κ1) is 21.9. The van der Waals surface area contributed by atoms with Gasteiger partial charge in [-0.3, -0.25) is 9.78 Å². The van der Waals surface area contributed by atoms with Gasteiger partial charge < -0.3 is 4.74 Å². The number of cyclic esters (lactones) is 1. The molecule has 1 saturated carbocycles. The maximum atomic E-state index is 14.6. The van der Waals surface area contributed by atoms with Gasteiger partial charge in [0.1, 0.15) is 12.2 Å². The first-order chi connectivity index (χ1) is 15.1. The van der Waals surface area contributed by atoms with Crippen molar-refractivity contribution in [3.8, 4) is 17.2 Å². The number of aryl methyl sites for hydroxylation is 1. The fourth-order valence-corrected chi connectivity index (χ4v) is 4.92. The zero-order valence-corrected chi connectivity index (χ0v) is 18.2. The standard InChI is InChI=1S/C26H24F2N2O2/c1-15-6-5-7-20(21(15)13-29)18-8-9-19(30-14-18)10-11-22-16(2)26(27,28)12-23-24(31)32-17(3)25(22,23)4/h5-11,14,17,22-23H,2,12H2,1,3-4H3/b11-10+/t17-,22+,23+,25+/m1/s1. The van der Waals surface area contributed by atoms with E-state index >= 15 is 0 Å². The molecule has 2 aromatic rings. The van der Waals surface area contributed by atoms with Gasteiger partial charge in [-0.05, 0) is 37.1 Å². The van der Waals surface area contributed by atoms with Crippen LogP contribution in [0.5, 0.6) is 0 Å². The van der Waals surface area contributed by atoms with Gasteiger partial charge in [0.2, 0.25) is 0 Å². The summed E-state index contributed by atoms with van der Waals surface area (Å²) in [6.07, 6.45) is 3.94. The number of benzene rings is 1. The minimum absolute atomic E-state index is 0.201. The van der Waals surface area contributed by atoms with E-state index in [9.17, 15) is 18.8 Å². The van der Waals surface area contributed by atoms with Crippen LogP contribution in [0.4, 0.5) is 8.78 Å². The second-order valence-corrected chi connectivity index (χ2v) is 8.85. The summed E-state index contributed by atoms with van der Waals surface area (Å²) in [6, 6.07) is 11.5. The summed E-state index contributed by atoms with van der Waals surface area (Å²) in [5, 5.41) is 9.46. The van der Waals surface area contributed by atoms with Crippen LogP contribution in [0.15, 0.2) is 54.8 Å². The van der Waals surface area contributed by atoms with Gasteiger partial charge in [-0.15, -0.1) is 0 Å². The summed E-state index contributed by atoms with van der Waals surface area (Å²) in [5.74, 6) is -5.33. The number of allylic oxidation sites excluding steroid dienone is 2. The van der Waals surface area contributed by atoms with Crippen molar-refractivity contribution in [1.82, 2.24) is 4.98 Å². The monoisotopic (exact) mass is 434 g/mol. The Kier molecular flexibility index (Phi) is 5.24. The number of pyridine rings is 1. The molecule has 4 nitrogen and oxygen atoms in total. The highest BCUT2D eigenvalue weighted by atomic mass is 19.3. The van der Waals surface area contributed by atoms with Gasteiger partial charge in [0, 0.05) is 35.1 Å². The second kappa shape index (κ2) is 7.67. The lowest BCUT2D eigenvalue weighted by atomic mass is 9.57. The molecule has 0 unspecified atom stereocenters. The first-order valence-electron chi connectivity index (χ1n) is 10.5. The van der Waals surface area contributed by atoms with Crippen LogP contribution in [0.3, 0.4) is 0 Å². The Hall–Kier alpha value is -3.33. The third-order valence-corrected chi connectivity index (χ3v) is 7.12. The number of hydrogen-bond acceptors (Lipinski definition) is 4. The van der Waals surface area contributed by atoms with Crippen molar-refractivity contribution in [3.05, 3.63) is 71.6 Å². The molecule has 6 heteroatoms. The molecule has 1 aromatic heterocycles. The van der Waals surface area contributed by atoms with Crippen molar-refractivity contribution in [2.24, 2.45) is 17.3 Å². The summed E-state index contributed by atoms with van der Waals surface area (Å²) in [4.78, 5) is 16.7. The minimum atomic E-state index is -3.14. The highest BCUT2D eigenvalue weighted by molar-refractivity contribution is 5.77. The molecular formula is C26H24F2N2O2. The van der Waals surface area contributed by atoms with Gasteiger partial charge in [-0.2, -0.15) is 5.26 Å². The molecule has 0 radical (unpaired) electrons. The van der Waals surface area contributed by atoms with Crippen LogP contribution in [0, 0.1) is 35.5 Å². The van der Waals surface area contributed by atoms with Crippen molar-refractivity contribution >= 4 is 12.0 Å². The molecule has 4 atom stereocenters. The zero-order valence-electron chi connectivity index (χ0n) is 18.2. The van der Waals surface area contributed by atoms with Crippen molar-refractivity contribution < 1.29 is 18.3 Å². The molecule has 0 amide bonds. The molecule has 2 fully saturated rings. The second-order valence-electron chi connectivity index (χ2n) is 8.85. The van der Waals surface area contributed by atoms with Gasteiger partial charge in [0.15, 0.2) is 0 Å². The van der Waals surface area contributed by atoms with E-state index in [2.05, 4.69) is 17.6 Å². The summed E-state index contributed by atoms with van der Waals surface area (Å²) in [6.45, 7) is 9.14. The van der Waals surface area contributed by atoms with E-state index in [0.717, 1.165) is 16.7 Å². The Balaban J connectivity index is 1.65. The smallest absolute Gasteiger partial charge is 0.310 e. The molecule has 1 aliphatic heterocycles. The van der Waals surface area contributed by atoms with E-state index in [1.165, 1.54) is 0 Å². The summed E-state index contributed by atoms with van der Waals surface area (Å²) in [5.41, 5.74) is 2.66. The summed E-state index contributed by atoms with van der Waals surface area (Å²) >= 11 is 0. The fraction of sp³-hybridized carbons (Fsp3) is 0.346. The maximum Gasteiger partial charge on any atom is 0.310 e. The molecule has 1 saturated heterocycles. The number of carbonyl (C=O) groups excluding carboxylic acids is 1. The van der Waals surface area contributed by atoms with Crippen LogP contribution in [0.2, 0.25) is 0 Å².